The smallest absolute Gasteiger partial charge is 0.309 e. The van der Waals surface area contributed by atoms with E-state index in [0.717, 1.165) is 28.1 Å². The molecular weight excluding hydrogens is 418 g/mol. The maximum atomic E-state index is 12.3. The highest BCUT2D eigenvalue weighted by Gasteiger charge is 2.25. The molecule has 0 unspecified atom stereocenters. The molecule has 0 radical (unpaired) electrons. The van der Waals surface area contributed by atoms with Gasteiger partial charge in [0.1, 0.15) is 0 Å². The lowest BCUT2D eigenvalue weighted by Gasteiger charge is -2.11. The molecule has 2 aromatic heterocycles. The van der Waals surface area contributed by atoms with Gasteiger partial charge in [-0.3, -0.25) is 9.59 Å². The fraction of sp³-hybridized carbons (Fsp3) is 0.192. The van der Waals surface area contributed by atoms with Crippen molar-refractivity contribution in [2.24, 2.45) is 0 Å². The molecule has 1 amide bonds. The summed E-state index contributed by atoms with van der Waals surface area (Å²) in [6.07, 6.45) is 1.45. The molecule has 0 aliphatic carbocycles. The van der Waals surface area contributed by atoms with E-state index in [0.29, 0.717) is 11.6 Å². The van der Waals surface area contributed by atoms with Crippen LogP contribution >= 0.6 is 0 Å². The van der Waals surface area contributed by atoms with Crippen LogP contribution in [0.3, 0.4) is 0 Å². The number of hydrogen-bond donors (Lipinski definition) is 1. The van der Waals surface area contributed by atoms with Gasteiger partial charge in [-0.25, -0.2) is 0 Å². The van der Waals surface area contributed by atoms with Crippen LogP contribution in [0.25, 0.3) is 16.8 Å². The summed E-state index contributed by atoms with van der Waals surface area (Å²) in [5.41, 5.74) is 4.91. The summed E-state index contributed by atoms with van der Waals surface area (Å²) in [5, 5.41) is 7.61. The minimum absolute atomic E-state index is 0.0827. The second-order valence-corrected chi connectivity index (χ2v) is 8.07. The summed E-state index contributed by atoms with van der Waals surface area (Å²) in [5.74, 6) is -0.0787. The summed E-state index contributed by atoms with van der Waals surface area (Å²) in [6, 6.07) is 18.4. The zero-order valence-corrected chi connectivity index (χ0v) is 19.0. The van der Waals surface area contributed by atoms with E-state index in [4.69, 9.17) is 14.3 Å². The first kappa shape index (κ1) is 22.1. The van der Waals surface area contributed by atoms with E-state index in [2.05, 4.69) is 5.32 Å². The van der Waals surface area contributed by atoms with Gasteiger partial charge in [-0.05, 0) is 54.8 Å². The number of amides is 1. The van der Waals surface area contributed by atoms with E-state index >= 15 is 0 Å². The Morgan fingerprint density at radius 1 is 1.03 bits per heavy atom. The standard InChI is InChI=1S/C26H25N3O4/c1-16(2)24-23(19-9-11-20(12-10-19)27-25(31)22-6-5-15-32-22)26(33-18(4)30)29(28-24)21-13-7-17(3)8-14-21/h5-16H,1-4H3,(H,27,31). The second kappa shape index (κ2) is 9.16. The van der Waals surface area contributed by atoms with Gasteiger partial charge in [0, 0.05) is 12.6 Å². The van der Waals surface area contributed by atoms with Crippen molar-refractivity contribution in [3.05, 3.63) is 83.9 Å². The lowest BCUT2D eigenvalue weighted by atomic mass is 9.99. The van der Waals surface area contributed by atoms with Crippen molar-refractivity contribution in [2.45, 2.75) is 33.6 Å². The molecule has 0 saturated carbocycles. The Hall–Kier alpha value is -4.13. The Morgan fingerprint density at radius 3 is 2.30 bits per heavy atom. The van der Waals surface area contributed by atoms with Crippen molar-refractivity contribution >= 4 is 17.6 Å². The van der Waals surface area contributed by atoms with Crippen LogP contribution in [0.2, 0.25) is 0 Å². The van der Waals surface area contributed by atoms with Gasteiger partial charge < -0.3 is 14.5 Å². The number of anilines is 1. The van der Waals surface area contributed by atoms with Crippen molar-refractivity contribution < 1.29 is 18.7 Å². The third kappa shape index (κ3) is 4.72. The summed E-state index contributed by atoms with van der Waals surface area (Å²) >= 11 is 0. The maximum Gasteiger partial charge on any atom is 0.309 e. The average molecular weight is 444 g/mol. The van der Waals surface area contributed by atoms with E-state index in [-0.39, 0.29) is 17.6 Å². The van der Waals surface area contributed by atoms with Crippen molar-refractivity contribution in [3.63, 3.8) is 0 Å². The lowest BCUT2D eigenvalue weighted by Crippen LogP contribution is -2.10. The van der Waals surface area contributed by atoms with Gasteiger partial charge in [-0.15, -0.1) is 0 Å². The number of nitrogens with zero attached hydrogens (tertiary/aromatic N) is 2. The first-order valence-corrected chi connectivity index (χ1v) is 10.7. The topological polar surface area (TPSA) is 86.4 Å². The Bertz CT molecular complexity index is 1270. The minimum atomic E-state index is -0.429. The number of carbonyl (C=O) groups excluding carboxylic acids is 2. The zero-order chi connectivity index (χ0) is 23.5. The fourth-order valence-corrected chi connectivity index (χ4v) is 3.51. The summed E-state index contributed by atoms with van der Waals surface area (Å²) in [7, 11) is 0. The summed E-state index contributed by atoms with van der Waals surface area (Å²) < 4.78 is 12.5. The van der Waals surface area contributed by atoms with Gasteiger partial charge >= 0.3 is 5.97 Å². The number of aromatic nitrogens is 2. The van der Waals surface area contributed by atoms with Gasteiger partial charge in [-0.2, -0.15) is 9.78 Å². The normalized spacial score (nSPS) is 10.9. The predicted molar refractivity (Wildman–Crippen MR) is 126 cm³/mol. The molecule has 0 saturated heterocycles. The fourth-order valence-electron chi connectivity index (χ4n) is 3.51. The van der Waals surface area contributed by atoms with E-state index in [9.17, 15) is 9.59 Å². The Balaban J connectivity index is 1.76. The predicted octanol–water partition coefficient (Wildman–Crippen LogP) is 5.74. The molecule has 7 heteroatoms. The summed E-state index contributed by atoms with van der Waals surface area (Å²) in [6.45, 7) is 7.47. The number of rotatable bonds is 6. The number of hydrogen-bond acceptors (Lipinski definition) is 5. The van der Waals surface area contributed by atoms with Gasteiger partial charge in [0.05, 0.1) is 23.2 Å². The molecule has 1 N–H and O–H groups in total. The molecular formula is C26H25N3O4. The average Bonchev–Trinajstić information content (AvgIpc) is 3.43. The van der Waals surface area contributed by atoms with Crippen LogP contribution in [0.4, 0.5) is 5.69 Å². The number of nitrogens with one attached hydrogen (secondary N) is 1. The van der Waals surface area contributed by atoms with Gasteiger partial charge in [0.25, 0.3) is 5.91 Å². The molecule has 4 rings (SSSR count). The molecule has 33 heavy (non-hydrogen) atoms. The first-order chi connectivity index (χ1) is 15.8. The van der Waals surface area contributed by atoms with Crippen LogP contribution in [0.1, 0.15) is 48.5 Å². The van der Waals surface area contributed by atoms with E-state index in [1.807, 2.05) is 57.2 Å². The summed E-state index contributed by atoms with van der Waals surface area (Å²) in [4.78, 5) is 24.2. The van der Waals surface area contributed by atoms with Gasteiger partial charge in [0.2, 0.25) is 5.88 Å². The molecule has 0 aliphatic heterocycles. The number of benzene rings is 2. The number of ether oxygens (including phenoxy) is 1. The lowest BCUT2D eigenvalue weighted by molar-refractivity contribution is -0.132. The van der Waals surface area contributed by atoms with Crippen LogP contribution in [-0.2, 0) is 4.79 Å². The van der Waals surface area contributed by atoms with Crippen LogP contribution in [0, 0.1) is 6.92 Å². The van der Waals surface area contributed by atoms with E-state index in [1.54, 1.807) is 28.9 Å². The monoisotopic (exact) mass is 443 g/mol. The van der Waals surface area contributed by atoms with Crippen molar-refractivity contribution in [2.75, 3.05) is 5.32 Å². The van der Waals surface area contributed by atoms with Crippen molar-refractivity contribution in [3.8, 4) is 22.7 Å². The molecule has 7 nitrogen and oxygen atoms in total. The molecule has 0 atom stereocenters. The first-order valence-electron chi connectivity index (χ1n) is 10.7. The molecule has 0 bridgehead atoms. The largest absolute Gasteiger partial charge is 0.459 e. The zero-order valence-electron chi connectivity index (χ0n) is 19.0. The number of aryl methyl sites for hydroxylation is 1. The van der Waals surface area contributed by atoms with Crippen LogP contribution < -0.4 is 10.1 Å². The van der Waals surface area contributed by atoms with Crippen LogP contribution in [0.5, 0.6) is 5.88 Å². The van der Waals surface area contributed by atoms with E-state index < -0.39 is 5.97 Å². The van der Waals surface area contributed by atoms with Crippen LogP contribution in [0.15, 0.2) is 71.3 Å². The highest BCUT2D eigenvalue weighted by atomic mass is 16.5. The molecule has 2 heterocycles. The third-order valence-corrected chi connectivity index (χ3v) is 5.11. The Labute approximate surface area is 192 Å². The van der Waals surface area contributed by atoms with Gasteiger partial charge in [-0.1, -0.05) is 43.7 Å². The highest BCUT2D eigenvalue weighted by molar-refractivity contribution is 6.02. The maximum absolute atomic E-state index is 12.3. The molecule has 0 fully saturated rings. The van der Waals surface area contributed by atoms with Crippen LogP contribution in [-0.4, -0.2) is 21.7 Å². The third-order valence-electron chi connectivity index (χ3n) is 5.11. The van der Waals surface area contributed by atoms with Gasteiger partial charge in [0.15, 0.2) is 5.76 Å². The molecule has 0 aliphatic rings. The van der Waals surface area contributed by atoms with Crippen molar-refractivity contribution in [1.29, 1.82) is 0 Å². The molecule has 0 spiro atoms. The number of esters is 1. The second-order valence-electron chi connectivity index (χ2n) is 8.07. The Kier molecular flexibility index (Phi) is 6.13. The quantitative estimate of drug-likeness (QED) is 0.384. The highest BCUT2D eigenvalue weighted by Crippen LogP contribution is 2.39. The molecule has 168 valence electrons. The SMILES string of the molecule is CC(=O)Oc1c(-c2ccc(NC(=O)c3ccco3)cc2)c(C(C)C)nn1-c1ccc(C)cc1. The molecule has 4 aromatic rings. The van der Waals surface area contributed by atoms with E-state index in [1.165, 1.54) is 13.2 Å². The number of carbonyl (C=O) groups is 2. The number of furan rings is 1. The minimum Gasteiger partial charge on any atom is -0.459 e. The Morgan fingerprint density at radius 2 is 1.73 bits per heavy atom. The molecule has 2 aromatic carbocycles. The van der Waals surface area contributed by atoms with Crippen molar-refractivity contribution in [1.82, 2.24) is 9.78 Å².